The first-order valence-corrected chi connectivity index (χ1v) is 11.2. The largest absolute Gasteiger partial charge is 0.457 e. The third-order valence-electron chi connectivity index (χ3n) is 6.17. The fourth-order valence-electron chi connectivity index (χ4n) is 4.36. The molecule has 0 radical (unpaired) electrons. The predicted octanol–water partition coefficient (Wildman–Crippen LogP) is 5.74. The van der Waals surface area contributed by atoms with Crippen LogP contribution in [0.25, 0.3) is 16.8 Å². The van der Waals surface area contributed by atoms with Gasteiger partial charge in [0.2, 0.25) is 0 Å². The van der Waals surface area contributed by atoms with Crippen molar-refractivity contribution in [3.8, 4) is 22.8 Å². The molecule has 174 valence electrons. The third kappa shape index (κ3) is 3.96. The molecule has 2 aromatic heterocycles. The molecule has 0 saturated carbocycles. The quantitative estimate of drug-likeness (QED) is 0.406. The molecule has 34 heavy (non-hydrogen) atoms. The van der Waals surface area contributed by atoms with Gasteiger partial charge in [-0.25, -0.2) is 13.3 Å². The second-order valence-corrected chi connectivity index (χ2v) is 8.45. The van der Waals surface area contributed by atoms with E-state index >= 15 is 0 Å². The van der Waals surface area contributed by atoms with Crippen LogP contribution < -0.4 is 15.4 Å². The molecule has 5 rings (SSSR count). The smallest absolute Gasteiger partial charge is 0.255 e. The van der Waals surface area contributed by atoms with Crippen LogP contribution in [0.1, 0.15) is 41.6 Å². The Kier molecular flexibility index (Phi) is 5.65. The van der Waals surface area contributed by atoms with Gasteiger partial charge >= 0.3 is 0 Å². The fourth-order valence-corrected chi connectivity index (χ4v) is 4.36. The standard InChI is InChI=1S/C26H24F2N4O2/c1-15-4-3-11-30-22-14-32-23(13-19(15)22)24(26(33)29-2)25(31-32)16-5-7-17(8-6-16)34-18-9-10-20(27)21(28)12-18/h5-10,12-15,30H,3-4,11H2,1-2H3,(H,29,33). The number of fused-ring (bicyclic) bond motifs is 2. The highest BCUT2D eigenvalue weighted by Crippen LogP contribution is 2.35. The molecule has 0 fully saturated rings. The summed E-state index contributed by atoms with van der Waals surface area (Å²) in [5.74, 6) is -1.12. The van der Waals surface area contributed by atoms with E-state index in [1.165, 1.54) is 11.6 Å². The van der Waals surface area contributed by atoms with Gasteiger partial charge in [-0.3, -0.25) is 4.79 Å². The van der Waals surface area contributed by atoms with Gasteiger partial charge in [0.15, 0.2) is 11.6 Å². The first kappa shape index (κ1) is 21.9. The summed E-state index contributed by atoms with van der Waals surface area (Å²) in [6.45, 7) is 3.10. The van der Waals surface area contributed by atoms with Crippen LogP contribution in [0, 0.1) is 11.6 Å². The first-order chi connectivity index (χ1) is 16.4. The number of carbonyl (C=O) groups excluding carboxylic acids is 1. The SMILES string of the molecule is CNC(=O)c1c(-c2ccc(Oc3ccc(F)c(F)c3)cc2)nn2cc3c(cc12)C(C)CCCN3. The number of aromatic nitrogens is 2. The van der Waals surface area contributed by atoms with Crippen molar-refractivity contribution in [1.29, 1.82) is 0 Å². The summed E-state index contributed by atoms with van der Waals surface area (Å²) >= 11 is 0. The maximum absolute atomic E-state index is 13.5. The molecule has 1 atom stereocenters. The number of nitrogens with zero attached hydrogens (tertiary/aromatic N) is 2. The minimum Gasteiger partial charge on any atom is -0.457 e. The Bertz CT molecular complexity index is 1380. The van der Waals surface area contributed by atoms with Crippen molar-refractivity contribution >= 4 is 17.1 Å². The topological polar surface area (TPSA) is 67.7 Å². The van der Waals surface area contributed by atoms with Crippen LogP contribution in [0.15, 0.2) is 54.7 Å². The van der Waals surface area contributed by atoms with Gasteiger partial charge in [-0.15, -0.1) is 0 Å². The molecule has 1 unspecified atom stereocenters. The Balaban J connectivity index is 1.54. The Hall–Kier alpha value is -3.94. The van der Waals surface area contributed by atoms with Crippen LogP contribution in [0.3, 0.4) is 0 Å². The number of halogens is 2. The minimum atomic E-state index is -0.976. The molecule has 8 heteroatoms. The van der Waals surface area contributed by atoms with Crippen molar-refractivity contribution in [2.75, 3.05) is 18.9 Å². The number of hydrogen-bond acceptors (Lipinski definition) is 4. The molecule has 1 aliphatic heterocycles. The van der Waals surface area contributed by atoms with Crippen molar-refractivity contribution < 1.29 is 18.3 Å². The van der Waals surface area contributed by atoms with Crippen molar-refractivity contribution in [3.05, 3.63) is 77.5 Å². The molecular formula is C26H24F2N4O2. The van der Waals surface area contributed by atoms with Gasteiger partial charge in [0, 0.05) is 25.2 Å². The van der Waals surface area contributed by atoms with E-state index < -0.39 is 11.6 Å². The molecule has 2 N–H and O–H groups in total. The van der Waals surface area contributed by atoms with Gasteiger partial charge in [-0.05, 0) is 66.8 Å². The molecule has 1 amide bonds. The average Bonchev–Trinajstić information content (AvgIpc) is 3.11. The Labute approximate surface area is 195 Å². The van der Waals surface area contributed by atoms with Crippen LogP contribution in [-0.4, -0.2) is 29.1 Å². The normalized spacial score (nSPS) is 15.4. The van der Waals surface area contributed by atoms with E-state index in [0.717, 1.165) is 48.3 Å². The lowest BCUT2D eigenvalue weighted by atomic mass is 9.96. The van der Waals surface area contributed by atoms with E-state index in [0.29, 0.717) is 22.9 Å². The Morgan fingerprint density at radius 3 is 2.62 bits per heavy atom. The van der Waals surface area contributed by atoms with E-state index in [1.54, 1.807) is 35.8 Å². The van der Waals surface area contributed by atoms with Crippen LogP contribution in [0.2, 0.25) is 0 Å². The summed E-state index contributed by atoms with van der Waals surface area (Å²) in [6.07, 6.45) is 4.11. The summed E-state index contributed by atoms with van der Waals surface area (Å²) in [4.78, 5) is 12.9. The number of ether oxygens (including phenoxy) is 1. The molecule has 3 heterocycles. The van der Waals surface area contributed by atoms with Gasteiger partial charge in [-0.2, -0.15) is 5.10 Å². The van der Waals surface area contributed by atoms with Crippen LogP contribution >= 0.6 is 0 Å². The molecule has 0 bridgehead atoms. The van der Waals surface area contributed by atoms with E-state index in [4.69, 9.17) is 9.84 Å². The lowest BCUT2D eigenvalue weighted by molar-refractivity contribution is 0.0965. The van der Waals surface area contributed by atoms with Crippen LogP contribution in [0.4, 0.5) is 14.5 Å². The summed E-state index contributed by atoms with van der Waals surface area (Å²) in [7, 11) is 1.60. The summed E-state index contributed by atoms with van der Waals surface area (Å²) in [6, 6.07) is 12.4. The second-order valence-electron chi connectivity index (χ2n) is 8.45. The zero-order chi connectivity index (χ0) is 23.8. The van der Waals surface area contributed by atoms with Crippen molar-refractivity contribution in [3.63, 3.8) is 0 Å². The number of pyridine rings is 1. The highest BCUT2D eigenvalue weighted by molar-refractivity contribution is 6.06. The fraction of sp³-hybridized carbons (Fsp3) is 0.231. The third-order valence-corrected chi connectivity index (χ3v) is 6.17. The Morgan fingerprint density at radius 2 is 1.88 bits per heavy atom. The van der Waals surface area contributed by atoms with Crippen molar-refractivity contribution in [1.82, 2.24) is 14.9 Å². The van der Waals surface area contributed by atoms with Gasteiger partial charge in [0.05, 0.1) is 23.0 Å². The van der Waals surface area contributed by atoms with Gasteiger partial charge in [-0.1, -0.05) is 6.92 Å². The lowest BCUT2D eigenvalue weighted by Gasteiger charge is -2.13. The van der Waals surface area contributed by atoms with Crippen molar-refractivity contribution in [2.24, 2.45) is 0 Å². The molecule has 6 nitrogen and oxygen atoms in total. The van der Waals surface area contributed by atoms with Gasteiger partial charge in [0.1, 0.15) is 17.2 Å². The van der Waals surface area contributed by atoms with Crippen LogP contribution in [-0.2, 0) is 0 Å². The number of nitrogens with one attached hydrogen (secondary N) is 2. The highest BCUT2D eigenvalue weighted by Gasteiger charge is 2.24. The molecular weight excluding hydrogens is 438 g/mol. The Morgan fingerprint density at radius 1 is 1.12 bits per heavy atom. The molecule has 0 saturated heterocycles. The summed E-state index contributed by atoms with van der Waals surface area (Å²) in [5.41, 5.74) is 4.73. The molecule has 4 aromatic rings. The van der Waals surface area contributed by atoms with E-state index in [2.05, 4.69) is 23.6 Å². The predicted molar refractivity (Wildman–Crippen MR) is 127 cm³/mol. The molecule has 1 aliphatic rings. The van der Waals surface area contributed by atoms with E-state index in [9.17, 15) is 13.6 Å². The zero-order valence-electron chi connectivity index (χ0n) is 18.9. The number of anilines is 1. The zero-order valence-corrected chi connectivity index (χ0v) is 18.9. The molecule has 2 aromatic carbocycles. The molecule has 0 spiro atoms. The van der Waals surface area contributed by atoms with Crippen molar-refractivity contribution in [2.45, 2.75) is 25.7 Å². The van der Waals surface area contributed by atoms with Gasteiger partial charge in [0.25, 0.3) is 5.91 Å². The minimum absolute atomic E-state index is 0.188. The average molecular weight is 463 g/mol. The van der Waals surface area contributed by atoms with E-state index in [-0.39, 0.29) is 11.7 Å². The first-order valence-electron chi connectivity index (χ1n) is 11.2. The maximum atomic E-state index is 13.5. The number of carbonyl (C=O) groups is 1. The monoisotopic (exact) mass is 462 g/mol. The number of rotatable bonds is 4. The number of amides is 1. The number of hydrogen-bond donors (Lipinski definition) is 2. The number of benzene rings is 2. The summed E-state index contributed by atoms with van der Waals surface area (Å²) < 4.78 is 34.0. The second kappa shape index (κ2) is 8.78. The highest BCUT2D eigenvalue weighted by atomic mass is 19.2. The lowest BCUT2D eigenvalue weighted by Crippen LogP contribution is -2.18. The maximum Gasteiger partial charge on any atom is 0.255 e. The summed E-state index contributed by atoms with van der Waals surface area (Å²) in [5, 5.41) is 10.9. The van der Waals surface area contributed by atoms with E-state index in [1.807, 2.05) is 6.20 Å². The molecule has 0 aliphatic carbocycles. The van der Waals surface area contributed by atoms with Crippen LogP contribution in [0.5, 0.6) is 11.5 Å². The van der Waals surface area contributed by atoms with Gasteiger partial charge < -0.3 is 15.4 Å².